The standard InChI is InChI=1S/C29H26N2O6/c1-17-4-5-19(12-18(17)2)28(33)23-15-31(16-27(32)30-20-6-8-21(35-3)9-7-20)24-14-26-25(36-10-11-37-26)13-22(24)29(23)34/h4-9,12-15H,10-11,16H2,1-3H3,(H,30,32). The van der Waals surface area contributed by atoms with Crippen molar-refractivity contribution in [2.75, 3.05) is 25.6 Å². The molecule has 0 saturated heterocycles. The van der Waals surface area contributed by atoms with Gasteiger partial charge in [-0.05, 0) is 61.4 Å². The number of carbonyl (C=O) groups is 2. The van der Waals surface area contributed by atoms with Crippen molar-refractivity contribution in [3.05, 3.63) is 93.3 Å². The summed E-state index contributed by atoms with van der Waals surface area (Å²) in [5.41, 5.74) is 3.02. The molecule has 188 valence electrons. The Balaban J connectivity index is 1.58. The van der Waals surface area contributed by atoms with Crippen molar-refractivity contribution in [1.82, 2.24) is 4.57 Å². The highest BCUT2D eigenvalue weighted by molar-refractivity contribution is 6.10. The summed E-state index contributed by atoms with van der Waals surface area (Å²) < 4.78 is 18.1. The monoisotopic (exact) mass is 498 g/mol. The van der Waals surface area contributed by atoms with Crippen LogP contribution >= 0.6 is 0 Å². The summed E-state index contributed by atoms with van der Waals surface area (Å²) >= 11 is 0. The smallest absolute Gasteiger partial charge is 0.244 e. The van der Waals surface area contributed by atoms with E-state index in [1.807, 2.05) is 19.9 Å². The lowest BCUT2D eigenvalue weighted by molar-refractivity contribution is -0.116. The van der Waals surface area contributed by atoms with Gasteiger partial charge in [-0.3, -0.25) is 14.4 Å². The van der Waals surface area contributed by atoms with Gasteiger partial charge in [0.05, 0.1) is 23.6 Å². The van der Waals surface area contributed by atoms with E-state index in [9.17, 15) is 14.4 Å². The number of ether oxygens (including phenoxy) is 3. The maximum absolute atomic E-state index is 13.5. The number of aryl methyl sites for hydroxylation is 2. The number of pyridine rings is 1. The van der Waals surface area contributed by atoms with Crippen LogP contribution in [0.25, 0.3) is 10.9 Å². The van der Waals surface area contributed by atoms with Crippen molar-refractivity contribution < 1.29 is 23.8 Å². The van der Waals surface area contributed by atoms with Gasteiger partial charge in [-0.2, -0.15) is 0 Å². The average molecular weight is 499 g/mol. The van der Waals surface area contributed by atoms with E-state index < -0.39 is 11.2 Å². The lowest BCUT2D eigenvalue weighted by Crippen LogP contribution is -2.25. The minimum atomic E-state index is -0.429. The Hall–Kier alpha value is -4.59. The second kappa shape index (κ2) is 9.81. The minimum absolute atomic E-state index is 0.0234. The molecule has 0 aliphatic carbocycles. The largest absolute Gasteiger partial charge is 0.497 e. The molecule has 4 aromatic rings. The zero-order chi connectivity index (χ0) is 26.1. The van der Waals surface area contributed by atoms with Crippen LogP contribution in [0.1, 0.15) is 27.0 Å². The molecule has 1 N–H and O–H groups in total. The average Bonchev–Trinajstić information content (AvgIpc) is 2.91. The summed E-state index contributed by atoms with van der Waals surface area (Å²) in [4.78, 5) is 40.0. The van der Waals surface area contributed by atoms with Gasteiger partial charge in [-0.25, -0.2) is 0 Å². The molecule has 0 unspecified atom stereocenters. The second-order valence-electron chi connectivity index (χ2n) is 8.92. The first-order chi connectivity index (χ1) is 17.8. The van der Waals surface area contributed by atoms with Crippen LogP contribution in [-0.2, 0) is 11.3 Å². The van der Waals surface area contributed by atoms with Crippen molar-refractivity contribution in [2.24, 2.45) is 0 Å². The number of benzene rings is 3. The molecule has 3 aromatic carbocycles. The van der Waals surface area contributed by atoms with Crippen LogP contribution in [0.15, 0.2) is 65.6 Å². The number of methoxy groups -OCH3 is 1. The molecular formula is C29H26N2O6. The normalized spacial score (nSPS) is 12.3. The lowest BCUT2D eigenvalue weighted by atomic mass is 9.98. The molecule has 2 heterocycles. The zero-order valence-corrected chi connectivity index (χ0v) is 20.8. The van der Waals surface area contributed by atoms with Gasteiger partial charge in [0.25, 0.3) is 0 Å². The van der Waals surface area contributed by atoms with E-state index >= 15 is 0 Å². The van der Waals surface area contributed by atoms with Crippen molar-refractivity contribution in [3.63, 3.8) is 0 Å². The number of hydrogen-bond donors (Lipinski definition) is 1. The molecule has 1 amide bonds. The van der Waals surface area contributed by atoms with Gasteiger partial charge in [0, 0.05) is 23.5 Å². The number of hydrogen-bond acceptors (Lipinski definition) is 6. The van der Waals surface area contributed by atoms with E-state index in [-0.39, 0.29) is 23.4 Å². The molecule has 0 bridgehead atoms. The molecule has 8 nitrogen and oxygen atoms in total. The van der Waals surface area contributed by atoms with Crippen LogP contribution in [0, 0.1) is 13.8 Å². The molecule has 1 aliphatic heterocycles. The number of nitrogens with zero attached hydrogens (tertiary/aromatic N) is 1. The maximum Gasteiger partial charge on any atom is 0.244 e. The van der Waals surface area contributed by atoms with Gasteiger partial charge in [-0.1, -0.05) is 12.1 Å². The first kappa shape index (κ1) is 24.1. The summed E-state index contributed by atoms with van der Waals surface area (Å²) in [5, 5.41) is 3.12. The van der Waals surface area contributed by atoms with Crippen LogP contribution in [-0.4, -0.2) is 36.6 Å². The minimum Gasteiger partial charge on any atom is -0.497 e. The van der Waals surface area contributed by atoms with Gasteiger partial charge >= 0.3 is 0 Å². The molecule has 0 radical (unpaired) electrons. The van der Waals surface area contributed by atoms with Crippen LogP contribution in [0.2, 0.25) is 0 Å². The molecule has 0 spiro atoms. The Kier molecular flexibility index (Phi) is 6.40. The number of nitrogens with one attached hydrogen (secondary N) is 1. The fourth-order valence-electron chi connectivity index (χ4n) is 4.29. The molecule has 8 heteroatoms. The maximum atomic E-state index is 13.5. The summed E-state index contributed by atoms with van der Waals surface area (Å²) in [6.45, 7) is 4.48. The van der Waals surface area contributed by atoms with Gasteiger partial charge in [0.2, 0.25) is 11.3 Å². The molecular weight excluding hydrogens is 472 g/mol. The Morgan fingerprint density at radius 3 is 2.32 bits per heavy atom. The fourth-order valence-corrected chi connectivity index (χ4v) is 4.29. The third-order valence-corrected chi connectivity index (χ3v) is 6.45. The second-order valence-corrected chi connectivity index (χ2v) is 8.92. The van der Waals surface area contributed by atoms with Crippen LogP contribution in [0.4, 0.5) is 5.69 Å². The fraction of sp³-hybridized carbons (Fsp3) is 0.207. The number of anilines is 1. The Morgan fingerprint density at radius 2 is 1.65 bits per heavy atom. The predicted octanol–water partition coefficient (Wildman–Crippen LogP) is 4.27. The van der Waals surface area contributed by atoms with Crippen molar-refractivity contribution >= 4 is 28.3 Å². The zero-order valence-electron chi connectivity index (χ0n) is 20.8. The number of amides is 1. The molecule has 1 aromatic heterocycles. The molecule has 0 fully saturated rings. The van der Waals surface area contributed by atoms with E-state index in [4.69, 9.17) is 14.2 Å². The molecule has 5 rings (SSSR count). The van der Waals surface area contributed by atoms with Crippen LogP contribution in [0.3, 0.4) is 0 Å². The van der Waals surface area contributed by atoms with Gasteiger partial charge in [0.1, 0.15) is 25.5 Å². The number of rotatable bonds is 6. The Bertz CT molecular complexity index is 1590. The number of ketones is 1. The number of fused-ring (bicyclic) bond motifs is 2. The quantitative estimate of drug-likeness (QED) is 0.399. The summed E-state index contributed by atoms with van der Waals surface area (Å²) in [5.74, 6) is 0.853. The van der Waals surface area contributed by atoms with E-state index in [1.54, 1.807) is 60.2 Å². The Labute approximate surface area is 213 Å². The van der Waals surface area contributed by atoms with E-state index in [0.29, 0.717) is 47.2 Å². The van der Waals surface area contributed by atoms with Crippen molar-refractivity contribution in [3.8, 4) is 17.2 Å². The first-order valence-electron chi connectivity index (χ1n) is 11.9. The molecule has 1 aliphatic rings. The number of aromatic nitrogens is 1. The Morgan fingerprint density at radius 1 is 0.946 bits per heavy atom. The predicted molar refractivity (Wildman–Crippen MR) is 140 cm³/mol. The first-order valence-corrected chi connectivity index (χ1v) is 11.9. The highest BCUT2D eigenvalue weighted by Crippen LogP contribution is 2.34. The van der Waals surface area contributed by atoms with Gasteiger partial charge in [0.15, 0.2) is 17.3 Å². The molecule has 0 atom stereocenters. The van der Waals surface area contributed by atoms with Crippen molar-refractivity contribution in [1.29, 1.82) is 0 Å². The molecule has 0 saturated carbocycles. The van der Waals surface area contributed by atoms with E-state index in [0.717, 1.165) is 11.1 Å². The van der Waals surface area contributed by atoms with Gasteiger partial charge < -0.3 is 24.1 Å². The third-order valence-electron chi connectivity index (χ3n) is 6.45. The van der Waals surface area contributed by atoms with Crippen LogP contribution < -0.4 is 25.0 Å². The third kappa shape index (κ3) is 4.78. The summed E-state index contributed by atoms with van der Waals surface area (Å²) in [7, 11) is 1.57. The highest BCUT2D eigenvalue weighted by atomic mass is 16.6. The number of carbonyl (C=O) groups excluding carboxylic acids is 2. The van der Waals surface area contributed by atoms with Crippen molar-refractivity contribution in [2.45, 2.75) is 20.4 Å². The van der Waals surface area contributed by atoms with Crippen LogP contribution in [0.5, 0.6) is 17.2 Å². The molecule has 37 heavy (non-hydrogen) atoms. The topological polar surface area (TPSA) is 95.9 Å². The lowest BCUT2D eigenvalue weighted by Gasteiger charge is -2.20. The summed E-state index contributed by atoms with van der Waals surface area (Å²) in [6, 6.07) is 15.5. The van der Waals surface area contributed by atoms with Gasteiger partial charge in [-0.15, -0.1) is 0 Å². The summed E-state index contributed by atoms with van der Waals surface area (Å²) in [6.07, 6.45) is 1.45. The SMILES string of the molecule is COc1ccc(NC(=O)Cn2cc(C(=O)c3ccc(C)c(C)c3)c(=O)c3cc4c(cc32)OCCO4)cc1. The van der Waals surface area contributed by atoms with E-state index in [1.165, 1.54) is 6.20 Å². The van der Waals surface area contributed by atoms with E-state index in [2.05, 4.69) is 5.32 Å². The highest BCUT2D eigenvalue weighted by Gasteiger charge is 2.22.